The van der Waals surface area contributed by atoms with Crippen LogP contribution < -0.4 is 5.32 Å². The highest BCUT2D eigenvalue weighted by molar-refractivity contribution is 7.90. The molecule has 0 atom stereocenters. The van der Waals surface area contributed by atoms with Gasteiger partial charge in [0.1, 0.15) is 5.54 Å². The Morgan fingerprint density at radius 1 is 1.39 bits per heavy atom. The van der Waals surface area contributed by atoms with Gasteiger partial charge in [-0.3, -0.25) is 14.8 Å². The Labute approximate surface area is 178 Å². The molecule has 0 radical (unpaired) electrons. The molecule has 0 spiro atoms. The zero-order chi connectivity index (χ0) is 21.8. The molecule has 4 heterocycles. The Bertz CT molecular complexity index is 1330. The zero-order valence-corrected chi connectivity index (χ0v) is 17.6. The predicted molar refractivity (Wildman–Crippen MR) is 110 cm³/mol. The second kappa shape index (κ2) is 6.86. The van der Waals surface area contributed by atoms with Crippen molar-refractivity contribution in [1.82, 2.24) is 28.7 Å². The Morgan fingerprint density at radius 2 is 2.16 bits per heavy atom. The maximum absolute atomic E-state index is 12.5. The summed E-state index contributed by atoms with van der Waals surface area (Å²) in [7, 11) is -3.28. The number of aromatic nitrogens is 5. The number of carbonyl (C=O) groups excluding carboxylic acids is 1. The van der Waals surface area contributed by atoms with Gasteiger partial charge in [-0.05, 0) is 25.0 Å². The van der Waals surface area contributed by atoms with Crippen molar-refractivity contribution in [3.05, 3.63) is 30.7 Å². The van der Waals surface area contributed by atoms with Gasteiger partial charge in [0.2, 0.25) is 21.9 Å². The van der Waals surface area contributed by atoms with Crippen LogP contribution in [0.25, 0.3) is 16.8 Å². The largest absolute Gasteiger partial charge is 0.293 e. The van der Waals surface area contributed by atoms with E-state index >= 15 is 0 Å². The van der Waals surface area contributed by atoms with Gasteiger partial charge in [0, 0.05) is 43.5 Å². The van der Waals surface area contributed by atoms with Crippen LogP contribution in [-0.4, -0.2) is 61.3 Å². The highest BCUT2D eigenvalue weighted by atomic mass is 32.2. The molecule has 0 bridgehead atoms. The fourth-order valence-electron chi connectivity index (χ4n) is 3.91. The van der Waals surface area contributed by atoms with Crippen LogP contribution in [0.5, 0.6) is 0 Å². The number of hydrogen-bond acceptors (Lipinski definition) is 7. The van der Waals surface area contributed by atoms with Crippen LogP contribution in [0.4, 0.5) is 5.95 Å². The minimum Gasteiger partial charge on any atom is -0.293 e. The topological polar surface area (TPSA) is 138 Å². The zero-order valence-electron chi connectivity index (χ0n) is 16.8. The first-order valence-corrected chi connectivity index (χ1v) is 11.4. The predicted octanol–water partition coefficient (Wildman–Crippen LogP) is 0.968. The Hall–Kier alpha value is -3.30. The molecule has 160 valence electrons. The molecule has 1 aliphatic heterocycles. The summed E-state index contributed by atoms with van der Waals surface area (Å²) in [6, 6.07) is 5.85. The van der Waals surface area contributed by atoms with Crippen LogP contribution in [0, 0.1) is 11.3 Å². The Morgan fingerprint density at radius 3 is 2.84 bits per heavy atom. The summed E-state index contributed by atoms with van der Waals surface area (Å²) in [4.78, 5) is 15.7. The first-order valence-electron chi connectivity index (χ1n) is 9.87. The van der Waals surface area contributed by atoms with E-state index in [1.165, 1.54) is 11.2 Å². The molecule has 5 rings (SSSR count). The number of amides is 1. The van der Waals surface area contributed by atoms with Gasteiger partial charge in [-0.2, -0.15) is 19.6 Å². The number of nitrogens with zero attached hydrogens (tertiary/aromatic N) is 7. The first-order chi connectivity index (χ1) is 14.8. The van der Waals surface area contributed by atoms with Crippen LogP contribution in [0.1, 0.15) is 26.2 Å². The summed E-state index contributed by atoms with van der Waals surface area (Å²) in [5.41, 5.74) is 1.38. The molecule has 11 nitrogen and oxygen atoms in total. The molecule has 2 fully saturated rings. The lowest BCUT2D eigenvalue weighted by molar-refractivity contribution is -0.114. The maximum atomic E-state index is 12.5. The lowest BCUT2D eigenvalue weighted by atomic mass is 9.89. The smallest absolute Gasteiger partial charge is 0.249 e. The molecule has 0 unspecified atom stereocenters. The van der Waals surface area contributed by atoms with Crippen molar-refractivity contribution >= 4 is 27.5 Å². The number of hydrogen-bond donors (Lipinski definition) is 1. The SMILES string of the molecule is CC(=O)Nc1nc2c(-c3cnn(C4(CC#N)CN(S(=O)(=O)C5CC5)C4)c3)cccn2n1. The molecule has 12 heteroatoms. The van der Waals surface area contributed by atoms with Crippen molar-refractivity contribution in [3.8, 4) is 17.2 Å². The van der Waals surface area contributed by atoms with E-state index in [2.05, 4.69) is 26.6 Å². The van der Waals surface area contributed by atoms with E-state index < -0.39 is 15.6 Å². The van der Waals surface area contributed by atoms with Crippen molar-refractivity contribution in [1.29, 1.82) is 5.26 Å². The average Bonchev–Trinajstić information content (AvgIpc) is 3.30. The molecule has 1 aliphatic carbocycles. The molecule has 1 saturated heterocycles. The lowest BCUT2D eigenvalue weighted by Gasteiger charge is -2.48. The average molecular weight is 440 g/mol. The van der Waals surface area contributed by atoms with Crippen molar-refractivity contribution in [2.75, 3.05) is 18.4 Å². The summed E-state index contributed by atoms with van der Waals surface area (Å²) in [6.45, 7) is 1.86. The molecule has 3 aromatic rings. The summed E-state index contributed by atoms with van der Waals surface area (Å²) >= 11 is 0. The standard InChI is InChI=1S/C19H20N8O3S/c1-13(28)22-18-23-17-16(3-2-8-26(17)24-18)14-9-21-27(10-14)19(6-7-20)11-25(12-19)31(29,30)15-4-5-15/h2-3,8-10,15H,4-6,11-12H2,1H3,(H,22,24,28). The summed E-state index contributed by atoms with van der Waals surface area (Å²) in [6.07, 6.45) is 6.77. The third kappa shape index (κ3) is 3.26. The van der Waals surface area contributed by atoms with Crippen LogP contribution in [0.15, 0.2) is 30.7 Å². The number of carbonyl (C=O) groups is 1. The van der Waals surface area contributed by atoms with Crippen molar-refractivity contribution in [2.45, 2.75) is 37.0 Å². The van der Waals surface area contributed by atoms with Gasteiger partial charge in [-0.15, -0.1) is 5.10 Å². The molecular weight excluding hydrogens is 420 g/mol. The summed E-state index contributed by atoms with van der Waals surface area (Å²) < 4.78 is 29.8. The van der Waals surface area contributed by atoms with Crippen molar-refractivity contribution in [3.63, 3.8) is 0 Å². The van der Waals surface area contributed by atoms with E-state index in [4.69, 9.17) is 0 Å². The van der Waals surface area contributed by atoms with Gasteiger partial charge < -0.3 is 0 Å². The van der Waals surface area contributed by atoms with Gasteiger partial charge in [-0.25, -0.2) is 12.9 Å². The van der Waals surface area contributed by atoms with Gasteiger partial charge in [0.05, 0.1) is 23.9 Å². The Balaban J connectivity index is 1.46. The van der Waals surface area contributed by atoms with Crippen LogP contribution >= 0.6 is 0 Å². The second-order valence-corrected chi connectivity index (χ2v) is 10.3. The molecule has 2 aliphatic rings. The summed E-state index contributed by atoms with van der Waals surface area (Å²) in [5.74, 6) is -0.0624. The van der Waals surface area contributed by atoms with E-state index in [1.807, 2.05) is 12.1 Å². The number of rotatable bonds is 6. The number of anilines is 1. The highest BCUT2D eigenvalue weighted by Gasteiger charge is 2.53. The minimum atomic E-state index is -3.28. The number of sulfonamides is 1. The van der Waals surface area contributed by atoms with Crippen LogP contribution in [0.2, 0.25) is 0 Å². The fourth-order valence-corrected chi connectivity index (χ4v) is 5.91. The lowest BCUT2D eigenvalue weighted by Crippen LogP contribution is -2.64. The van der Waals surface area contributed by atoms with Gasteiger partial charge in [-0.1, -0.05) is 0 Å². The molecule has 1 N–H and O–H groups in total. The second-order valence-electron chi connectivity index (χ2n) is 8.05. The molecular formula is C19H20N8O3S. The van der Waals surface area contributed by atoms with Gasteiger partial charge in [0.15, 0.2) is 5.65 Å². The third-order valence-electron chi connectivity index (χ3n) is 5.68. The molecule has 3 aromatic heterocycles. The quantitative estimate of drug-likeness (QED) is 0.602. The van der Waals surface area contributed by atoms with Gasteiger partial charge in [0.25, 0.3) is 0 Å². The minimum absolute atomic E-state index is 0.159. The maximum Gasteiger partial charge on any atom is 0.249 e. The number of nitrogens with one attached hydrogen (secondary N) is 1. The first kappa shape index (κ1) is 19.7. The van der Waals surface area contributed by atoms with Gasteiger partial charge >= 0.3 is 0 Å². The number of fused-ring (bicyclic) bond motifs is 1. The third-order valence-corrected chi connectivity index (χ3v) is 7.98. The highest BCUT2D eigenvalue weighted by Crippen LogP contribution is 2.40. The van der Waals surface area contributed by atoms with Crippen LogP contribution in [-0.2, 0) is 20.4 Å². The number of nitriles is 1. The molecule has 1 amide bonds. The van der Waals surface area contributed by atoms with E-state index in [9.17, 15) is 18.5 Å². The normalized spacial score (nSPS) is 18.5. The monoisotopic (exact) mass is 440 g/mol. The van der Waals surface area contributed by atoms with Crippen molar-refractivity contribution in [2.24, 2.45) is 0 Å². The molecule has 0 aromatic carbocycles. The van der Waals surface area contributed by atoms with E-state index in [-0.39, 0.29) is 36.6 Å². The van der Waals surface area contributed by atoms with E-state index in [0.717, 1.165) is 11.1 Å². The van der Waals surface area contributed by atoms with Crippen LogP contribution in [0.3, 0.4) is 0 Å². The van der Waals surface area contributed by atoms with E-state index in [0.29, 0.717) is 18.5 Å². The van der Waals surface area contributed by atoms with Crippen molar-refractivity contribution < 1.29 is 13.2 Å². The number of pyridine rings is 1. The molecule has 1 saturated carbocycles. The van der Waals surface area contributed by atoms with E-state index in [1.54, 1.807) is 27.8 Å². The fraction of sp³-hybridized carbons (Fsp3) is 0.421. The summed E-state index contributed by atoms with van der Waals surface area (Å²) in [5, 5.41) is 20.4. The molecule has 31 heavy (non-hydrogen) atoms. The Kier molecular flexibility index (Phi) is 4.35.